The molecule has 0 spiro atoms. The van der Waals surface area contributed by atoms with Crippen LogP contribution in [0.5, 0.6) is 5.75 Å². The van der Waals surface area contributed by atoms with E-state index >= 15 is 0 Å². The molecule has 0 atom stereocenters. The monoisotopic (exact) mass is 184 g/mol. The molecule has 0 aliphatic heterocycles. The van der Waals surface area contributed by atoms with E-state index in [1.165, 1.54) is 7.11 Å². The molecule has 0 unspecified atom stereocenters. The summed E-state index contributed by atoms with van der Waals surface area (Å²) in [6.45, 7) is 3.83. The van der Waals surface area contributed by atoms with Crippen LogP contribution in [0.4, 0.5) is 0 Å². The van der Waals surface area contributed by atoms with Crippen molar-refractivity contribution in [3.05, 3.63) is 11.4 Å². The molecule has 0 radical (unpaired) electrons. The van der Waals surface area contributed by atoms with Gasteiger partial charge in [0.25, 0.3) is 0 Å². The SMILES string of the molecule is CCOC(=O)c1[nH]nc(C)c1OC. The lowest BCUT2D eigenvalue weighted by Gasteiger charge is -2.01. The Hall–Kier alpha value is -1.52. The van der Waals surface area contributed by atoms with Gasteiger partial charge in [0.15, 0.2) is 11.4 Å². The Morgan fingerprint density at radius 3 is 2.85 bits per heavy atom. The third kappa shape index (κ3) is 1.80. The highest BCUT2D eigenvalue weighted by molar-refractivity contribution is 5.90. The summed E-state index contributed by atoms with van der Waals surface area (Å²) in [6.07, 6.45) is 0. The van der Waals surface area contributed by atoms with Gasteiger partial charge in [-0.25, -0.2) is 4.79 Å². The van der Waals surface area contributed by atoms with Crippen molar-refractivity contribution >= 4 is 5.97 Å². The minimum Gasteiger partial charge on any atom is -0.492 e. The highest BCUT2D eigenvalue weighted by Crippen LogP contribution is 2.20. The molecule has 5 heteroatoms. The van der Waals surface area contributed by atoms with Crippen LogP contribution in [0.3, 0.4) is 0 Å². The zero-order chi connectivity index (χ0) is 9.84. The second-order valence-corrected chi connectivity index (χ2v) is 2.44. The zero-order valence-electron chi connectivity index (χ0n) is 7.88. The quantitative estimate of drug-likeness (QED) is 0.709. The predicted octanol–water partition coefficient (Wildman–Crippen LogP) is 0.903. The second-order valence-electron chi connectivity index (χ2n) is 2.44. The summed E-state index contributed by atoms with van der Waals surface area (Å²) in [7, 11) is 1.49. The van der Waals surface area contributed by atoms with Gasteiger partial charge in [0.1, 0.15) is 5.69 Å². The number of rotatable bonds is 3. The van der Waals surface area contributed by atoms with Crippen LogP contribution < -0.4 is 4.74 Å². The first-order chi connectivity index (χ1) is 6.20. The fraction of sp³-hybridized carbons (Fsp3) is 0.500. The number of ether oxygens (including phenoxy) is 2. The van der Waals surface area contributed by atoms with Crippen molar-refractivity contribution in [2.24, 2.45) is 0 Å². The zero-order valence-corrected chi connectivity index (χ0v) is 7.88. The van der Waals surface area contributed by atoms with Crippen molar-refractivity contribution in [1.29, 1.82) is 0 Å². The molecule has 1 rings (SSSR count). The summed E-state index contributed by atoms with van der Waals surface area (Å²) in [5.41, 5.74) is 0.910. The summed E-state index contributed by atoms with van der Waals surface area (Å²) in [6, 6.07) is 0. The Morgan fingerprint density at radius 2 is 2.31 bits per heavy atom. The Kier molecular flexibility index (Phi) is 2.89. The molecule has 0 saturated heterocycles. The smallest absolute Gasteiger partial charge is 0.360 e. The highest BCUT2D eigenvalue weighted by atomic mass is 16.5. The fourth-order valence-corrected chi connectivity index (χ4v) is 1.01. The lowest BCUT2D eigenvalue weighted by molar-refractivity contribution is 0.0516. The maximum absolute atomic E-state index is 11.3. The number of methoxy groups -OCH3 is 1. The molecule has 1 aromatic heterocycles. The average molecular weight is 184 g/mol. The van der Waals surface area contributed by atoms with E-state index in [0.29, 0.717) is 18.1 Å². The molecule has 1 aromatic rings. The number of aryl methyl sites for hydroxylation is 1. The second kappa shape index (κ2) is 3.93. The van der Waals surface area contributed by atoms with Crippen LogP contribution in [0.15, 0.2) is 0 Å². The molecule has 0 fully saturated rings. The Morgan fingerprint density at radius 1 is 1.62 bits per heavy atom. The molecule has 1 heterocycles. The van der Waals surface area contributed by atoms with Crippen molar-refractivity contribution in [2.75, 3.05) is 13.7 Å². The number of nitrogens with one attached hydrogen (secondary N) is 1. The van der Waals surface area contributed by atoms with E-state index in [9.17, 15) is 4.79 Å². The molecule has 0 bridgehead atoms. The molecule has 0 amide bonds. The van der Waals surface area contributed by atoms with Crippen molar-refractivity contribution in [3.8, 4) is 5.75 Å². The van der Waals surface area contributed by atoms with Crippen LogP contribution in [0, 0.1) is 6.92 Å². The first kappa shape index (κ1) is 9.57. The van der Waals surface area contributed by atoms with Gasteiger partial charge in [-0.05, 0) is 13.8 Å². The number of nitrogens with zero attached hydrogens (tertiary/aromatic N) is 1. The van der Waals surface area contributed by atoms with Gasteiger partial charge in [-0.3, -0.25) is 5.10 Å². The molecule has 1 N–H and O–H groups in total. The largest absolute Gasteiger partial charge is 0.492 e. The van der Waals surface area contributed by atoms with Gasteiger partial charge >= 0.3 is 5.97 Å². The van der Waals surface area contributed by atoms with Gasteiger partial charge < -0.3 is 9.47 Å². The topological polar surface area (TPSA) is 64.2 Å². The van der Waals surface area contributed by atoms with Gasteiger partial charge in [0.2, 0.25) is 0 Å². The van der Waals surface area contributed by atoms with Gasteiger partial charge in [0, 0.05) is 0 Å². The van der Waals surface area contributed by atoms with E-state index in [4.69, 9.17) is 9.47 Å². The summed E-state index contributed by atoms with van der Waals surface area (Å²) in [5.74, 6) is -0.00148. The van der Waals surface area contributed by atoms with E-state index in [0.717, 1.165) is 0 Å². The third-order valence-corrected chi connectivity index (χ3v) is 1.57. The van der Waals surface area contributed by atoms with Crippen molar-refractivity contribution in [3.63, 3.8) is 0 Å². The van der Waals surface area contributed by atoms with Crippen molar-refractivity contribution < 1.29 is 14.3 Å². The van der Waals surface area contributed by atoms with Gasteiger partial charge in [-0.15, -0.1) is 0 Å². The molecule has 5 nitrogen and oxygen atoms in total. The molecule has 0 aromatic carbocycles. The molecule has 0 aliphatic rings. The van der Waals surface area contributed by atoms with E-state index in [2.05, 4.69) is 10.2 Å². The van der Waals surface area contributed by atoms with Gasteiger partial charge in [-0.1, -0.05) is 0 Å². The van der Waals surface area contributed by atoms with Gasteiger partial charge in [0.05, 0.1) is 13.7 Å². The standard InChI is InChI=1S/C8H12N2O3/c1-4-13-8(11)6-7(12-3)5(2)9-10-6/h4H2,1-3H3,(H,9,10). The maximum Gasteiger partial charge on any atom is 0.360 e. The molecular weight excluding hydrogens is 172 g/mol. The number of hydrogen-bond acceptors (Lipinski definition) is 4. The number of H-pyrrole nitrogens is 1. The minimum absolute atomic E-state index is 0.266. The van der Waals surface area contributed by atoms with E-state index < -0.39 is 5.97 Å². The van der Waals surface area contributed by atoms with Crippen LogP contribution in [0.2, 0.25) is 0 Å². The number of aromatic amines is 1. The summed E-state index contributed by atoms with van der Waals surface area (Å²) in [5, 5.41) is 6.40. The van der Waals surface area contributed by atoms with Crippen LogP contribution in [0.25, 0.3) is 0 Å². The van der Waals surface area contributed by atoms with Crippen molar-refractivity contribution in [2.45, 2.75) is 13.8 Å². The number of carbonyl (C=O) groups excluding carboxylic acids is 1. The highest BCUT2D eigenvalue weighted by Gasteiger charge is 2.18. The number of aromatic nitrogens is 2. The third-order valence-electron chi connectivity index (χ3n) is 1.57. The lowest BCUT2D eigenvalue weighted by Crippen LogP contribution is -2.06. The molecular formula is C8H12N2O3. The van der Waals surface area contributed by atoms with Gasteiger partial charge in [-0.2, -0.15) is 5.10 Å². The maximum atomic E-state index is 11.3. The van der Waals surface area contributed by atoms with Crippen LogP contribution in [0.1, 0.15) is 23.1 Å². The summed E-state index contributed by atoms with van der Waals surface area (Å²) < 4.78 is 9.78. The first-order valence-corrected chi connectivity index (χ1v) is 3.96. The number of esters is 1. The normalized spacial score (nSPS) is 9.77. The number of hydrogen-bond donors (Lipinski definition) is 1. The Bertz CT molecular complexity index is 306. The van der Waals surface area contributed by atoms with E-state index in [-0.39, 0.29) is 5.69 Å². The van der Waals surface area contributed by atoms with Crippen LogP contribution in [-0.4, -0.2) is 29.9 Å². The molecule has 0 aliphatic carbocycles. The summed E-state index contributed by atoms with van der Waals surface area (Å²) in [4.78, 5) is 11.3. The molecule has 72 valence electrons. The van der Waals surface area contributed by atoms with Crippen LogP contribution in [-0.2, 0) is 4.74 Å². The number of carbonyl (C=O) groups is 1. The lowest BCUT2D eigenvalue weighted by atomic mass is 10.3. The predicted molar refractivity (Wildman–Crippen MR) is 45.8 cm³/mol. The van der Waals surface area contributed by atoms with E-state index in [1.54, 1.807) is 13.8 Å². The van der Waals surface area contributed by atoms with Crippen molar-refractivity contribution in [1.82, 2.24) is 10.2 Å². The fourth-order valence-electron chi connectivity index (χ4n) is 1.01. The minimum atomic E-state index is -0.444. The van der Waals surface area contributed by atoms with Crippen LogP contribution >= 0.6 is 0 Å². The summed E-state index contributed by atoms with van der Waals surface area (Å²) >= 11 is 0. The average Bonchev–Trinajstić information content (AvgIpc) is 2.47. The Balaban J connectivity index is 2.93. The molecule has 13 heavy (non-hydrogen) atoms. The van der Waals surface area contributed by atoms with E-state index in [1.807, 2.05) is 0 Å². The Labute approximate surface area is 76.0 Å². The first-order valence-electron chi connectivity index (χ1n) is 3.96. The molecule has 0 saturated carbocycles.